The lowest BCUT2D eigenvalue weighted by molar-refractivity contribution is 0.734. The van der Waals surface area contributed by atoms with Crippen LogP contribution in [0.5, 0.6) is 0 Å². The Morgan fingerprint density at radius 2 is 1.90 bits per heavy atom. The molecule has 0 aromatic carbocycles. The minimum atomic E-state index is 0. The quantitative estimate of drug-likeness (QED) is 0.554. The van der Waals surface area contributed by atoms with Gasteiger partial charge in [0.25, 0.3) is 0 Å². The molecule has 0 unspecified atom stereocenters. The first-order valence-corrected chi connectivity index (χ1v) is 3.11. The molecule has 0 aliphatic heterocycles. The number of hydrogen-bond acceptors (Lipinski definition) is 2. The summed E-state index contributed by atoms with van der Waals surface area (Å²) in [7, 11) is 1.86. The zero-order chi connectivity index (χ0) is 7.28. The van der Waals surface area contributed by atoms with E-state index in [-0.39, 0.29) is 7.43 Å². The fourth-order valence-electron chi connectivity index (χ4n) is 0.354. The smallest absolute Gasteiger partial charge is 0.138 e. The Bertz CT molecular complexity index is 141. The van der Waals surface area contributed by atoms with Gasteiger partial charge < -0.3 is 0 Å². The van der Waals surface area contributed by atoms with Crippen molar-refractivity contribution in [3.63, 3.8) is 0 Å². The Labute approximate surface area is 63.1 Å². The molecule has 0 radical (unpaired) electrons. The van der Waals surface area contributed by atoms with Crippen molar-refractivity contribution in [3.8, 4) is 0 Å². The van der Waals surface area contributed by atoms with E-state index >= 15 is 0 Å². The Morgan fingerprint density at radius 3 is 2.00 bits per heavy atom. The lowest BCUT2D eigenvalue weighted by Crippen LogP contribution is -1.91. The summed E-state index contributed by atoms with van der Waals surface area (Å²) in [6.45, 7) is 5.91. The van der Waals surface area contributed by atoms with Crippen molar-refractivity contribution in [2.24, 2.45) is 7.05 Å². The normalized spacial score (nSPS) is 7.20. The van der Waals surface area contributed by atoms with Gasteiger partial charge in [-0.3, -0.25) is 4.68 Å². The predicted molar refractivity (Wildman–Crippen MR) is 43.8 cm³/mol. The Hall–Kier alpha value is -0.860. The van der Waals surface area contributed by atoms with Gasteiger partial charge in [-0.05, 0) is 6.92 Å². The largest absolute Gasteiger partial charge is 0.253 e. The first-order chi connectivity index (χ1) is 4.30. The molecular formula is C7H17N3. The average molecular weight is 143 g/mol. The van der Waals surface area contributed by atoms with Crippen molar-refractivity contribution >= 4 is 0 Å². The fourth-order valence-corrected chi connectivity index (χ4v) is 0.354. The van der Waals surface area contributed by atoms with E-state index in [1.807, 2.05) is 27.8 Å². The summed E-state index contributed by atoms with van der Waals surface area (Å²) < 4.78 is 1.72. The molecule has 1 aromatic heterocycles. The second-order valence-electron chi connectivity index (χ2n) is 1.43. The van der Waals surface area contributed by atoms with E-state index in [0.29, 0.717) is 0 Å². The molecule has 60 valence electrons. The number of rotatable bonds is 0. The highest BCUT2D eigenvalue weighted by molar-refractivity contribution is 4.75. The van der Waals surface area contributed by atoms with Crippen LogP contribution in [-0.2, 0) is 7.05 Å². The SMILES string of the molecule is C.CC.Cc1ncnn1C. The Balaban J connectivity index is 0. The van der Waals surface area contributed by atoms with E-state index in [2.05, 4.69) is 10.1 Å². The Morgan fingerprint density at radius 1 is 1.40 bits per heavy atom. The average Bonchev–Trinajstić information content (AvgIpc) is 2.23. The molecule has 3 heteroatoms. The number of hydrogen-bond donors (Lipinski definition) is 0. The molecule has 3 nitrogen and oxygen atoms in total. The summed E-state index contributed by atoms with van der Waals surface area (Å²) in [6.07, 6.45) is 1.54. The standard InChI is InChI=1S/C4H7N3.C2H6.CH4/c1-4-5-3-6-7(4)2;1-2;/h3H,1-2H3;1-2H3;1H4. The molecule has 1 aromatic rings. The van der Waals surface area contributed by atoms with Crippen molar-refractivity contribution < 1.29 is 0 Å². The number of nitrogens with zero attached hydrogens (tertiary/aromatic N) is 3. The lowest BCUT2D eigenvalue weighted by Gasteiger charge is -1.84. The van der Waals surface area contributed by atoms with Gasteiger partial charge in [-0.1, -0.05) is 21.3 Å². The summed E-state index contributed by atoms with van der Waals surface area (Å²) in [5, 5.41) is 3.82. The molecule has 0 saturated heterocycles. The van der Waals surface area contributed by atoms with Crippen LogP contribution in [0.3, 0.4) is 0 Å². The van der Waals surface area contributed by atoms with E-state index in [0.717, 1.165) is 5.82 Å². The zero-order valence-electron chi connectivity index (χ0n) is 6.42. The molecule has 0 saturated carbocycles. The van der Waals surface area contributed by atoms with Crippen molar-refractivity contribution in [1.82, 2.24) is 14.8 Å². The van der Waals surface area contributed by atoms with E-state index in [1.54, 1.807) is 4.68 Å². The summed E-state index contributed by atoms with van der Waals surface area (Å²) in [5.41, 5.74) is 0. The highest BCUT2D eigenvalue weighted by Gasteiger charge is 1.85. The monoisotopic (exact) mass is 143 g/mol. The second kappa shape index (κ2) is 6.26. The first kappa shape index (κ1) is 11.9. The van der Waals surface area contributed by atoms with Crippen LogP contribution >= 0.6 is 0 Å². The summed E-state index contributed by atoms with van der Waals surface area (Å²) >= 11 is 0. The van der Waals surface area contributed by atoms with Gasteiger partial charge in [0.05, 0.1) is 0 Å². The van der Waals surface area contributed by atoms with Gasteiger partial charge in [-0.25, -0.2) is 4.98 Å². The highest BCUT2D eigenvalue weighted by atomic mass is 15.3. The molecule has 1 rings (SSSR count). The van der Waals surface area contributed by atoms with Gasteiger partial charge in [0.15, 0.2) is 0 Å². The molecule has 0 N–H and O–H groups in total. The molecule has 0 aliphatic rings. The highest BCUT2D eigenvalue weighted by Crippen LogP contribution is 1.81. The van der Waals surface area contributed by atoms with Crippen LogP contribution < -0.4 is 0 Å². The Kier molecular flexibility index (Phi) is 7.44. The predicted octanol–water partition coefficient (Wildman–Crippen LogP) is 1.79. The van der Waals surface area contributed by atoms with E-state index in [4.69, 9.17) is 0 Å². The van der Waals surface area contributed by atoms with Crippen LogP contribution in [0.4, 0.5) is 0 Å². The molecule has 0 bridgehead atoms. The van der Waals surface area contributed by atoms with Gasteiger partial charge in [0.2, 0.25) is 0 Å². The van der Waals surface area contributed by atoms with E-state index < -0.39 is 0 Å². The minimum absolute atomic E-state index is 0. The van der Waals surface area contributed by atoms with Gasteiger partial charge in [0, 0.05) is 7.05 Å². The van der Waals surface area contributed by atoms with Crippen LogP contribution in [-0.4, -0.2) is 14.8 Å². The lowest BCUT2D eigenvalue weighted by atomic mass is 10.7. The minimum Gasteiger partial charge on any atom is -0.253 e. The van der Waals surface area contributed by atoms with Crippen molar-refractivity contribution in [2.45, 2.75) is 28.2 Å². The molecule has 0 fully saturated rings. The van der Waals surface area contributed by atoms with Gasteiger partial charge >= 0.3 is 0 Å². The number of aromatic nitrogens is 3. The zero-order valence-corrected chi connectivity index (χ0v) is 6.42. The van der Waals surface area contributed by atoms with Crippen molar-refractivity contribution in [2.75, 3.05) is 0 Å². The third-order valence-corrected chi connectivity index (χ3v) is 0.938. The third kappa shape index (κ3) is 3.22. The maximum Gasteiger partial charge on any atom is 0.138 e. The summed E-state index contributed by atoms with van der Waals surface area (Å²) in [6, 6.07) is 0. The first-order valence-electron chi connectivity index (χ1n) is 3.11. The van der Waals surface area contributed by atoms with E-state index in [9.17, 15) is 0 Å². The fraction of sp³-hybridized carbons (Fsp3) is 0.714. The van der Waals surface area contributed by atoms with Gasteiger partial charge in [-0.2, -0.15) is 5.10 Å². The van der Waals surface area contributed by atoms with E-state index in [1.165, 1.54) is 6.33 Å². The second-order valence-corrected chi connectivity index (χ2v) is 1.43. The maximum atomic E-state index is 3.87. The number of aryl methyl sites for hydroxylation is 2. The van der Waals surface area contributed by atoms with Crippen LogP contribution in [0.25, 0.3) is 0 Å². The summed E-state index contributed by atoms with van der Waals surface area (Å²) in [4.78, 5) is 3.87. The van der Waals surface area contributed by atoms with Crippen molar-refractivity contribution in [3.05, 3.63) is 12.2 Å². The van der Waals surface area contributed by atoms with Crippen molar-refractivity contribution in [1.29, 1.82) is 0 Å². The topological polar surface area (TPSA) is 30.7 Å². The molecule has 10 heavy (non-hydrogen) atoms. The molecule has 0 atom stereocenters. The third-order valence-electron chi connectivity index (χ3n) is 0.938. The molecule has 0 amide bonds. The summed E-state index contributed by atoms with van der Waals surface area (Å²) in [5.74, 6) is 0.944. The van der Waals surface area contributed by atoms with Gasteiger partial charge in [-0.15, -0.1) is 0 Å². The van der Waals surface area contributed by atoms with Crippen LogP contribution in [0.2, 0.25) is 0 Å². The van der Waals surface area contributed by atoms with Crippen LogP contribution in [0.1, 0.15) is 27.1 Å². The van der Waals surface area contributed by atoms with Crippen LogP contribution in [0, 0.1) is 6.92 Å². The molecule has 0 aliphatic carbocycles. The van der Waals surface area contributed by atoms with Gasteiger partial charge in [0.1, 0.15) is 12.2 Å². The van der Waals surface area contributed by atoms with Crippen LogP contribution in [0.15, 0.2) is 6.33 Å². The molecular weight excluding hydrogens is 126 g/mol. The molecule has 1 heterocycles. The maximum absolute atomic E-state index is 3.87. The molecule has 0 spiro atoms.